The van der Waals surface area contributed by atoms with E-state index in [1.165, 1.54) is 16.7 Å². The molecular formula is C19H27N3O. The average Bonchev–Trinajstić information content (AvgIpc) is 2.80. The Morgan fingerprint density at radius 3 is 2.43 bits per heavy atom. The van der Waals surface area contributed by atoms with Gasteiger partial charge < -0.3 is 4.90 Å². The van der Waals surface area contributed by atoms with Crippen molar-refractivity contribution >= 4 is 5.91 Å². The first-order valence-electron chi connectivity index (χ1n) is 8.24. The summed E-state index contributed by atoms with van der Waals surface area (Å²) in [5.41, 5.74) is 5.91. The van der Waals surface area contributed by atoms with Crippen molar-refractivity contribution in [2.75, 3.05) is 13.6 Å². The first kappa shape index (κ1) is 17.3. The molecule has 0 aliphatic rings. The van der Waals surface area contributed by atoms with E-state index in [-0.39, 0.29) is 5.91 Å². The van der Waals surface area contributed by atoms with Crippen molar-refractivity contribution in [2.45, 2.75) is 47.1 Å². The van der Waals surface area contributed by atoms with Crippen LogP contribution in [0.4, 0.5) is 0 Å². The maximum Gasteiger partial charge on any atom is 0.222 e. The Balaban J connectivity index is 2.09. The summed E-state index contributed by atoms with van der Waals surface area (Å²) in [4.78, 5) is 13.8. The van der Waals surface area contributed by atoms with Gasteiger partial charge in [-0.2, -0.15) is 5.10 Å². The number of hydrogen-bond donors (Lipinski definition) is 0. The van der Waals surface area contributed by atoms with E-state index in [4.69, 9.17) is 0 Å². The summed E-state index contributed by atoms with van der Waals surface area (Å²) < 4.78 is 2.04. The highest BCUT2D eigenvalue weighted by Crippen LogP contribution is 2.17. The van der Waals surface area contributed by atoms with Crippen LogP contribution in [0, 0.1) is 20.8 Å². The van der Waals surface area contributed by atoms with E-state index >= 15 is 0 Å². The standard InChI is InChI=1S/C19H27N3O/c1-6-21(5)19(23)12-11-18-15(3)20-22(16(18)4)13-17-9-7-14(2)8-10-17/h7-10H,6,11-13H2,1-5H3. The van der Waals surface area contributed by atoms with E-state index in [2.05, 4.69) is 43.2 Å². The van der Waals surface area contributed by atoms with Crippen LogP contribution in [0.25, 0.3) is 0 Å². The Morgan fingerprint density at radius 2 is 1.83 bits per heavy atom. The third-order valence-electron chi connectivity index (χ3n) is 4.47. The normalized spacial score (nSPS) is 10.8. The Morgan fingerprint density at radius 1 is 1.17 bits per heavy atom. The van der Waals surface area contributed by atoms with E-state index < -0.39 is 0 Å². The van der Waals surface area contributed by atoms with Crippen molar-refractivity contribution in [3.8, 4) is 0 Å². The molecule has 0 unspecified atom stereocenters. The van der Waals surface area contributed by atoms with Gasteiger partial charge in [0.1, 0.15) is 0 Å². The van der Waals surface area contributed by atoms with Gasteiger partial charge in [-0.15, -0.1) is 0 Å². The van der Waals surface area contributed by atoms with Gasteiger partial charge >= 0.3 is 0 Å². The van der Waals surface area contributed by atoms with Gasteiger partial charge in [-0.25, -0.2) is 0 Å². The number of carbonyl (C=O) groups is 1. The monoisotopic (exact) mass is 313 g/mol. The molecule has 1 aromatic carbocycles. The molecule has 2 aromatic rings. The van der Waals surface area contributed by atoms with Crippen LogP contribution in [0.3, 0.4) is 0 Å². The summed E-state index contributed by atoms with van der Waals surface area (Å²) in [6, 6.07) is 8.54. The molecule has 0 N–H and O–H groups in total. The molecule has 0 aliphatic carbocycles. The lowest BCUT2D eigenvalue weighted by atomic mass is 10.1. The van der Waals surface area contributed by atoms with Crippen molar-refractivity contribution in [3.05, 3.63) is 52.3 Å². The molecule has 0 spiro atoms. The molecule has 1 aromatic heterocycles. The smallest absolute Gasteiger partial charge is 0.222 e. The minimum absolute atomic E-state index is 0.192. The predicted molar refractivity (Wildman–Crippen MR) is 93.6 cm³/mol. The molecule has 0 bridgehead atoms. The molecule has 124 valence electrons. The van der Waals surface area contributed by atoms with E-state index in [1.54, 1.807) is 4.90 Å². The molecular weight excluding hydrogens is 286 g/mol. The lowest BCUT2D eigenvalue weighted by molar-refractivity contribution is -0.129. The van der Waals surface area contributed by atoms with Gasteiger partial charge in [-0.05, 0) is 45.2 Å². The molecule has 2 rings (SSSR count). The number of benzene rings is 1. The second kappa shape index (κ2) is 7.44. The topological polar surface area (TPSA) is 38.1 Å². The third kappa shape index (κ3) is 4.21. The molecule has 0 atom stereocenters. The van der Waals surface area contributed by atoms with Crippen LogP contribution >= 0.6 is 0 Å². The molecule has 4 nitrogen and oxygen atoms in total. The van der Waals surface area contributed by atoms with Crippen molar-refractivity contribution in [2.24, 2.45) is 0 Å². The van der Waals surface area contributed by atoms with Gasteiger partial charge in [-0.1, -0.05) is 29.8 Å². The second-order valence-electron chi connectivity index (χ2n) is 6.20. The van der Waals surface area contributed by atoms with Gasteiger partial charge in [0.2, 0.25) is 5.91 Å². The fraction of sp³-hybridized carbons (Fsp3) is 0.474. The fourth-order valence-corrected chi connectivity index (χ4v) is 2.72. The van der Waals surface area contributed by atoms with Crippen molar-refractivity contribution in [1.29, 1.82) is 0 Å². The van der Waals surface area contributed by atoms with Crippen LogP contribution in [0.2, 0.25) is 0 Å². The number of rotatable bonds is 6. The SMILES string of the molecule is CCN(C)C(=O)CCc1c(C)nn(Cc2ccc(C)cc2)c1C. The largest absolute Gasteiger partial charge is 0.346 e. The highest BCUT2D eigenvalue weighted by molar-refractivity contribution is 5.76. The average molecular weight is 313 g/mol. The second-order valence-corrected chi connectivity index (χ2v) is 6.20. The molecule has 1 amide bonds. The predicted octanol–water partition coefficient (Wildman–Crippen LogP) is 3.27. The summed E-state index contributed by atoms with van der Waals surface area (Å²) in [5, 5.41) is 4.66. The minimum Gasteiger partial charge on any atom is -0.346 e. The molecule has 0 aliphatic heterocycles. The van der Waals surface area contributed by atoms with Crippen LogP contribution in [-0.2, 0) is 17.8 Å². The number of nitrogens with zero attached hydrogens (tertiary/aromatic N) is 3. The first-order chi connectivity index (χ1) is 10.9. The molecule has 0 saturated carbocycles. The van der Waals surface area contributed by atoms with Crippen LogP contribution in [-0.4, -0.2) is 34.2 Å². The van der Waals surface area contributed by atoms with Crippen molar-refractivity contribution in [3.63, 3.8) is 0 Å². The zero-order chi connectivity index (χ0) is 17.0. The fourth-order valence-electron chi connectivity index (χ4n) is 2.72. The number of amides is 1. The molecule has 0 saturated heterocycles. The Kier molecular flexibility index (Phi) is 5.59. The van der Waals surface area contributed by atoms with E-state index in [1.807, 2.05) is 25.6 Å². The number of aromatic nitrogens is 2. The van der Waals surface area contributed by atoms with Gasteiger partial charge in [0.25, 0.3) is 0 Å². The summed E-state index contributed by atoms with van der Waals surface area (Å²) in [7, 11) is 1.85. The maximum atomic E-state index is 12.0. The number of hydrogen-bond acceptors (Lipinski definition) is 2. The maximum absolute atomic E-state index is 12.0. The van der Waals surface area contributed by atoms with Crippen LogP contribution in [0.5, 0.6) is 0 Å². The van der Waals surface area contributed by atoms with Gasteiger partial charge in [0.15, 0.2) is 0 Å². The minimum atomic E-state index is 0.192. The summed E-state index contributed by atoms with van der Waals surface area (Å²) >= 11 is 0. The number of aryl methyl sites for hydroxylation is 2. The molecule has 0 radical (unpaired) electrons. The Bertz CT molecular complexity index is 671. The summed E-state index contributed by atoms with van der Waals surface area (Å²) in [6.07, 6.45) is 1.30. The molecule has 23 heavy (non-hydrogen) atoms. The first-order valence-corrected chi connectivity index (χ1v) is 8.24. The zero-order valence-corrected chi connectivity index (χ0v) is 14.9. The molecule has 0 fully saturated rings. The Hall–Kier alpha value is -2.10. The highest BCUT2D eigenvalue weighted by atomic mass is 16.2. The van der Waals surface area contributed by atoms with Gasteiger partial charge in [-0.3, -0.25) is 9.48 Å². The molecule has 4 heteroatoms. The van der Waals surface area contributed by atoms with Gasteiger partial charge in [0.05, 0.1) is 12.2 Å². The number of carbonyl (C=O) groups excluding carboxylic acids is 1. The van der Waals surface area contributed by atoms with Crippen LogP contribution in [0.15, 0.2) is 24.3 Å². The van der Waals surface area contributed by atoms with Gasteiger partial charge in [0, 0.05) is 25.7 Å². The summed E-state index contributed by atoms with van der Waals surface area (Å²) in [6.45, 7) is 9.74. The van der Waals surface area contributed by atoms with Crippen molar-refractivity contribution in [1.82, 2.24) is 14.7 Å². The molecule has 1 heterocycles. The third-order valence-corrected chi connectivity index (χ3v) is 4.47. The lowest BCUT2D eigenvalue weighted by Crippen LogP contribution is -2.26. The summed E-state index contributed by atoms with van der Waals surface area (Å²) in [5.74, 6) is 0.192. The zero-order valence-electron chi connectivity index (χ0n) is 14.9. The lowest BCUT2D eigenvalue weighted by Gasteiger charge is -2.14. The van der Waals surface area contributed by atoms with Crippen molar-refractivity contribution < 1.29 is 4.79 Å². The quantitative estimate of drug-likeness (QED) is 0.821. The van der Waals surface area contributed by atoms with E-state index in [9.17, 15) is 4.79 Å². The van der Waals surface area contributed by atoms with E-state index in [0.717, 1.165) is 30.9 Å². The highest BCUT2D eigenvalue weighted by Gasteiger charge is 2.14. The van der Waals surface area contributed by atoms with Crippen LogP contribution < -0.4 is 0 Å². The van der Waals surface area contributed by atoms with Crippen LogP contribution in [0.1, 0.15) is 41.4 Å². The Labute approximate surface area is 139 Å². The van der Waals surface area contributed by atoms with E-state index in [0.29, 0.717) is 6.42 Å².